The molecule has 0 aromatic rings. The molecule has 1 aliphatic heterocycles. The minimum absolute atomic E-state index is 0.707. The molecule has 2 N–H and O–H groups in total. The van der Waals surface area contributed by atoms with Crippen LogP contribution < -0.4 is 10.6 Å². The van der Waals surface area contributed by atoms with Crippen LogP contribution in [0.25, 0.3) is 0 Å². The Balaban J connectivity index is 2.12. The van der Waals surface area contributed by atoms with Crippen LogP contribution in [0.4, 0.5) is 0 Å². The molecular formula is C14H30N2. The van der Waals surface area contributed by atoms with Crippen molar-refractivity contribution < 1.29 is 0 Å². The second-order valence-electron chi connectivity index (χ2n) is 5.83. The van der Waals surface area contributed by atoms with E-state index in [1.54, 1.807) is 0 Å². The van der Waals surface area contributed by atoms with E-state index in [0.29, 0.717) is 6.04 Å². The third-order valence-electron chi connectivity index (χ3n) is 4.18. The minimum atomic E-state index is 0.707. The van der Waals surface area contributed by atoms with Crippen LogP contribution in [0.5, 0.6) is 0 Å². The largest absolute Gasteiger partial charge is 0.315 e. The zero-order valence-corrected chi connectivity index (χ0v) is 11.6. The van der Waals surface area contributed by atoms with E-state index < -0.39 is 0 Å². The number of hydrogen-bond acceptors (Lipinski definition) is 2. The maximum Gasteiger partial charge on any atom is 0.0195 e. The van der Waals surface area contributed by atoms with Crippen molar-refractivity contribution in [2.24, 2.45) is 17.8 Å². The van der Waals surface area contributed by atoms with Gasteiger partial charge in [-0.2, -0.15) is 0 Å². The lowest BCUT2D eigenvalue weighted by Crippen LogP contribution is -2.45. The summed E-state index contributed by atoms with van der Waals surface area (Å²) in [5, 5.41) is 7.24. The van der Waals surface area contributed by atoms with Crippen molar-refractivity contribution in [2.75, 3.05) is 19.6 Å². The summed E-state index contributed by atoms with van der Waals surface area (Å²) < 4.78 is 0. The van der Waals surface area contributed by atoms with Gasteiger partial charge in [0, 0.05) is 12.6 Å². The van der Waals surface area contributed by atoms with E-state index in [1.165, 1.54) is 25.8 Å². The molecule has 3 atom stereocenters. The first-order chi connectivity index (χ1) is 7.63. The van der Waals surface area contributed by atoms with Gasteiger partial charge in [-0.15, -0.1) is 0 Å². The summed E-state index contributed by atoms with van der Waals surface area (Å²) in [6.07, 6.45) is 4.08. The van der Waals surface area contributed by atoms with Crippen molar-refractivity contribution in [1.82, 2.24) is 10.6 Å². The van der Waals surface area contributed by atoms with Crippen molar-refractivity contribution in [3.05, 3.63) is 0 Å². The van der Waals surface area contributed by atoms with Crippen LogP contribution >= 0.6 is 0 Å². The molecule has 0 aliphatic carbocycles. The van der Waals surface area contributed by atoms with E-state index >= 15 is 0 Å². The van der Waals surface area contributed by atoms with Gasteiger partial charge in [-0.25, -0.2) is 0 Å². The van der Waals surface area contributed by atoms with Crippen LogP contribution in [0.2, 0.25) is 0 Å². The first kappa shape index (κ1) is 14.0. The van der Waals surface area contributed by atoms with E-state index in [9.17, 15) is 0 Å². The van der Waals surface area contributed by atoms with E-state index in [4.69, 9.17) is 0 Å². The first-order valence-electron chi connectivity index (χ1n) is 7.07. The van der Waals surface area contributed by atoms with Crippen LogP contribution in [-0.2, 0) is 0 Å². The van der Waals surface area contributed by atoms with Crippen molar-refractivity contribution in [3.63, 3.8) is 0 Å². The molecule has 1 aliphatic rings. The summed E-state index contributed by atoms with van der Waals surface area (Å²) in [4.78, 5) is 0. The van der Waals surface area contributed by atoms with Crippen molar-refractivity contribution in [2.45, 2.75) is 53.0 Å². The smallest absolute Gasteiger partial charge is 0.0195 e. The van der Waals surface area contributed by atoms with E-state index in [2.05, 4.69) is 38.3 Å². The van der Waals surface area contributed by atoms with E-state index in [-0.39, 0.29) is 0 Å². The molecule has 0 saturated carbocycles. The fourth-order valence-corrected chi connectivity index (χ4v) is 2.34. The first-order valence-corrected chi connectivity index (χ1v) is 7.07. The molecule has 3 unspecified atom stereocenters. The van der Waals surface area contributed by atoms with Crippen LogP contribution in [0.1, 0.15) is 47.0 Å². The van der Waals surface area contributed by atoms with Gasteiger partial charge in [0.2, 0.25) is 0 Å². The number of nitrogens with one attached hydrogen (secondary N) is 2. The van der Waals surface area contributed by atoms with Gasteiger partial charge in [0.05, 0.1) is 0 Å². The summed E-state index contributed by atoms with van der Waals surface area (Å²) in [7, 11) is 0. The second-order valence-corrected chi connectivity index (χ2v) is 5.83. The number of rotatable bonds is 6. The van der Waals surface area contributed by atoms with Crippen molar-refractivity contribution >= 4 is 0 Å². The number of hydrogen-bond donors (Lipinski definition) is 2. The SMILES string of the molecule is CCC1CCNC(CNCC(C)C(C)C)C1. The highest BCUT2D eigenvalue weighted by Crippen LogP contribution is 2.18. The molecule has 96 valence electrons. The van der Waals surface area contributed by atoms with E-state index in [1.807, 2.05) is 0 Å². The van der Waals surface area contributed by atoms with Crippen molar-refractivity contribution in [1.29, 1.82) is 0 Å². The Kier molecular flexibility index (Phi) is 6.37. The summed E-state index contributed by atoms with van der Waals surface area (Å²) in [5.41, 5.74) is 0. The zero-order valence-electron chi connectivity index (χ0n) is 11.6. The minimum Gasteiger partial charge on any atom is -0.315 e. The predicted octanol–water partition coefficient (Wildman–Crippen LogP) is 2.65. The highest BCUT2D eigenvalue weighted by atomic mass is 15.0. The third kappa shape index (κ3) is 4.84. The molecule has 16 heavy (non-hydrogen) atoms. The second kappa shape index (κ2) is 7.29. The highest BCUT2D eigenvalue weighted by molar-refractivity contribution is 4.79. The van der Waals surface area contributed by atoms with Crippen LogP contribution in [0.15, 0.2) is 0 Å². The molecule has 1 rings (SSSR count). The monoisotopic (exact) mass is 226 g/mol. The topological polar surface area (TPSA) is 24.1 Å². The summed E-state index contributed by atoms with van der Waals surface area (Å²) >= 11 is 0. The Morgan fingerprint density at radius 2 is 2.06 bits per heavy atom. The molecule has 0 spiro atoms. The molecule has 2 heteroatoms. The predicted molar refractivity (Wildman–Crippen MR) is 71.7 cm³/mol. The van der Waals surface area contributed by atoms with Gasteiger partial charge in [-0.05, 0) is 43.7 Å². The third-order valence-corrected chi connectivity index (χ3v) is 4.18. The Labute approximate surface area is 102 Å². The maximum atomic E-state index is 3.62. The maximum absolute atomic E-state index is 3.62. The Bertz CT molecular complexity index is 180. The Morgan fingerprint density at radius 3 is 2.69 bits per heavy atom. The fourth-order valence-electron chi connectivity index (χ4n) is 2.34. The van der Waals surface area contributed by atoms with Gasteiger partial charge in [0.1, 0.15) is 0 Å². The van der Waals surface area contributed by atoms with Gasteiger partial charge < -0.3 is 10.6 Å². The number of piperidine rings is 1. The van der Waals surface area contributed by atoms with E-state index in [0.717, 1.165) is 30.8 Å². The molecule has 1 heterocycles. The van der Waals surface area contributed by atoms with Crippen molar-refractivity contribution in [3.8, 4) is 0 Å². The van der Waals surface area contributed by atoms with Gasteiger partial charge >= 0.3 is 0 Å². The van der Waals surface area contributed by atoms with Crippen LogP contribution in [0.3, 0.4) is 0 Å². The normalized spacial score (nSPS) is 28.3. The zero-order chi connectivity index (χ0) is 12.0. The summed E-state index contributed by atoms with van der Waals surface area (Å²) in [6, 6.07) is 0.707. The molecule has 0 bridgehead atoms. The summed E-state index contributed by atoms with van der Waals surface area (Å²) in [5.74, 6) is 2.52. The van der Waals surface area contributed by atoms with Gasteiger partial charge in [-0.1, -0.05) is 34.1 Å². The molecule has 0 amide bonds. The quantitative estimate of drug-likeness (QED) is 0.727. The molecule has 0 aromatic heterocycles. The van der Waals surface area contributed by atoms with Crippen LogP contribution in [0, 0.1) is 17.8 Å². The molecule has 0 radical (unpaired) electrons. The molecule has 0 aromatic carbocycles. The van der Waals surface area contributed by atoms with Gasteiger partial charge in [0.15, 0.2) is 0 Å². The highest BCUT2D eigenvalue weighted by Gasteiger charge is 2.19. The Morgan fingerprint density at radius 1 is 1.31 bits per heavy atom. The lowest BCUT2D eigenvalue weighted by molar-refractivity contribution is 0.281. The molecule has 1 saturated heterocycles. The average Bonchev–Trinajstić information content (AvgIpc) is 2.29. The van der Waals surface area contributed by atoms with Gasteiger partial charge in [0.25, 0.3) is 0 Å². The standard InChI is InChI=1S/C14H30N2/c1-5-13-6-7-16-14(8-13)10-15-9-12(4)11(2)3/h11-16H,5-10H2,1-4H3. The lowest BCUT2D eigenvalue weighted by atomic mass is 9.90. The lowest BCUT2D eigenvalue weighted by Gasteiger charge is -2.30. The van der Waals surface area contributed by atoms with Crippen LogP contribution in [-0.4, -0.2) is 25.7 Å². The molecule has 2 nitrogen and oxygen atoms in total. The average molecular weight is 226 g/mol. The van der Waals surface area contributed by atoms with Gasteiger partial charge in [-0.3, -0.25) is 0 Å². The molecule has 1 fully saturated rings. The molecular weight excluding hydrogens is 196 g/mol. The summed E-state index contributed by atoms with van der Waals surface area (Å²) in [6.45, 7) is 12.8. The Hall–Kier alpha value is -0.0800. The fraction of sp³-hybridized carbons (Fsp3) is 1.00.